The molecule has 0 aromatic heterocycles. The van der Waals surface area contributed by atoms with Crippen LogP contribution in [0.1, 0.15) is 46.0 Å². The molecule has 1 atom stereocenters. The van der Waals surface area contributed by atoms with Crippen LogP contribution in [0.2, 0.25) is 0 Å². The molecule has 1 rings (SSSR count). The molecular weight excluding hydrogens is 457 g/mol. The summed E-state index contributed by atoms with van der Waals surface area (Å²) in [4.78, 5) is 20.3. The molecule has 1 heterocycles. The monoisotopic (exact) mass is 497 g/mol. The van der Waals surface area contributed by atoms with Crippen LogP contribution in [0.3, 0.4) is 0 Å². The Balaban J connectivity index is 0.00000676. The highest BCUT2D eigenvalue weighted by atomic mass is 127. The third-order valence-electron chi connectivity index (χ3n) is 4.70. The van der Waals surface area contributed by atoms with Crippen molar-refractivity contribution in [2.75, 3.05) is 60.0 Å². The predicted octanol–water partition coefficient (Wildman–Crippen LogP) is 1.92. The zero-order valence-corrected chi connectivity index (χ0v) is 20.0. The lowest BCUT2D eigenvalue weighted by Gasteiger charge is -2.32. The first-order chi connectivity index (χ1) is 12.5. The Kier molecular flexibility index (Phi) is 16.0. The Bertz CT molecular complexity index is 415. The van der Waals surface area contributed by atoms with Crippen molar-refractivity contribution >= 4 is 35.8 Å². The summed E-state index contributed by atoms with van der Waals surface area (Å²) in [6.07, 6.45) is 5.99. The Morgan fingerprint density at radius 3 is 2.48 bits per heavy atom. The number of piperidine rings is 1. The van der Waals surface area contributed by atoms with Crippen molar-refractivity contribution in [1.29, 1.82) is 0 Å². The number of nitrogens with zero attached hydrogens (tertiary/aromatic N) is 3. The molecule has 2 N–H and O–H groups in total. The number of nitrogens with one attached hydrogen (secondary N) is 2. The molecule has 0 saturated carbocycles. The fourth-order valence-electron chi connectivity index (χ4n) is 2.93. The van der Waals surface area contributed by atoms with Gasteiger partial charge in [-0.05, 0) is 52.6 Å². The summed E-state index contributed by atoms with van der Waals surface area (Å²) in [5.41, 5.74) is 0. The summed E-state index contributed by atoms with van der Waals surface area (Å²) in [5, 5.41) is 6.68. The number of rotatable bonds is 11. The van der Waals surface area contributed by atoms with Gasteiger partial charge in [-0.3, -0.25) is 4.79 Å². The Hall–Kier alpha value is -0.610. The Morgan fingerprint density at radius 1 is 1.19 bits per heavy atom. The van der Waals surface area contributed by atoms with Crippen molar-refractivity contribution in [3.8, 4) is 0 Å². The quantitative estimate of drug-likeness (QED) is 0.198. The van der Waals surface area contributed by atoms with Gasteiger partial charge in [-0.25, -0.2) is 4.99 Å². The van der Waals surface area contributed by atoms with Gasteiger partial charge in [-0.2, -0.15) is 0 Å². The molecule has 1 aliphatic rings. The third-order valence-corrected chi connectivity index (χ3v) is 4.70. The lowest BCUT2D eigenvalue weighted by molar-refractivity contribution is -0.127. The lowest BCUT2D eigenvalue weighted by atomic mass is 10.1. The smallest absolute Gasteiger partial charge is 0.243 e. The molecule has 0 aromatic carbocycles. The first kappa shape index (κ1) is 26.4. The average Bonchev–Trinajstić information content (AvgIpc) is 2.65. The fraction of sp³-hybridized carbons (Fsp3) is 0.895. The molecule has 1 aliphatic heterocycles. The van der Waals surface area contributed by atoms with Gasteiger partial charge in [0.1, 0.15) is 6.54 Å². The second-order valence-corrected chi connectivity index (χ2v) is 7.09. The van der Waals surface area contributed by atoms with Crippen LogP contribution in [0.25, 0.3) is 0 Å². The minimum atomic E-state index is 0. The zero-order chi connectivity index (χ0) is 19.2. The summed E-state index contributed by atoms with van der Waals surface area (Å²) >= 11 is 0. The van der Waals surface area contributed by atoms with Crippen LogP contribution in [0, 0.1) is 0 Å². The summed E-state index contributed by atoms with van der Waals surface area (Å²) in [7, 11) is 3.50. The van der Waals surface area contributed by atoms with Crippen molar-refractivity contribution in [3.63, 3.8) is 0 Å². The molecule has 1 unspecified atom stereocenters. The Labute approximate surface area is 182 Å². The molecule has 0 bridgehead atoms. The van der Waals surface area contributed by atoms with Crippen LogP contribution in [0.4, 0.5) is 0 Å². The Morgan fingerprint density at radius 2 is 1.85 bits per heavy atom. The molecule has 0 radical (unpaired) electrons. The van der Waals surface area contributed by atoms with E-state index in [1.807, 2.05) is 6.92 Å². The first-order valence-corrected chi connectivity index (χ1v) is 10.1. The van der Waals surface area contributed by atoms with Gasteiger partial charge in [-0.15, -0.1) is 24.0 Å². The first-order valence-electron chi connectivity index (χ1n) is 10.1. The van der Waals surface area contributed by atoms with E-state index >= 15 is 0 Å². The summed E-state index contributed by atoms with van der Waals surface area (Å²) in [6.45, 7) is 10.0. The number of aliphatic imine (C=N–C) groups is 1. The summed E-state index contributed by atoms with van der Waals surface area (Å²) < 4.78 is 5.36. The van der Waals surface area contributed by atoms with E-state index in [0.717, 1.165) is 39.1 Å². The topological polar surface area (TPSA) is 69.2 Å². The van der Waals surface area contributed by atoms with E-state index < -0.39 is 0 Å². The van der Waals surface area contributed by atoms with Crippen molar-refractivity contribution in [3.05, 3.63) is 0 Å². The highest BCUT2D eigenvalue weighted by Gasteiger charge is 2.16. The number of carbonyl (C=O) groups is 1. The molecule has 1 saturated heterocycles. The van der Waals surface area contributed by atoms with E-state index in [2.05, 4.69) is 27.4 Å². The van der Waals surface area contributed by atoms with E-state index in [9.17, 15) is 4.79 Å². The molecule has 1 amide bonds. The van der Waals surface area contributed by atoms with Crippen molar-refractivity contribution in [2.24, 2.45) is 4.99 Å². The van der Waals surface area contributed by atoms with Gasteiger partial charge in [0, 0.05) is 46.4 Å². The third kappa shape index (κ3) is 12.5. The molecule has 1 fully saturated rings. The maximum atomic E-state index is 11.8. The van der Waals surface area contributed by atoms with Gasteiger partial charge >= 0.3 is 0 Å². The zero-order valence-electron chi connectivity index (χ0n) is 17.6. The second-order valence-electron chi connectivity index (χ2n) is 7.09. The summed E-state index contributed by atoms with van der Waals surface area (Å²) in [6, 6.07) is 0.574. The van der Waals surface area contributed by atoms with Crippen LogP contribution < -0.4 is 10.6 Å². The van der Waals surface area contributed by atoms with Gasteiger partial charge in [-0.1, -0.05) is 6.42 Å². The van der Waals surface area contributed by atoms with Crippen molar-refractivity contribution in [2.45, 2.75) is 52.0 Å². The normalized spacial score (nSPS) is 16.4. The summed E-state index contributed by atoms with van der Waals surface area (Å²) in [5.74, 6) is 0.713. The number of carbonyl (C=O) groups excluding carboxylic acids is 1. The van der Waals surface area contributed by atoms with Crippen LogP contribution in [0.5, 0.6) is 0 Å². The number of likely N-dealkylation sites (tertiary alicyclic amines) is 1. The van der Waals surface area contributed by atoms with Gasteiger partial charge < -0.3 is 25.2 Å². The molecule has 8 heteroatoms. The van der Waals surface area contributed by atoms with Crippen LogP contribution >= 0.6 is 24.0 Å². The van der Waals surface area contributed by atoms with Crippen molar-refractivity contribution < 1.29 is 9.53 Å². The maximum absolute atomic E-state index is 11.8. The SMILES string of the molecule is CCOCCCNC(=NCC(=O)N(C)C)NCCC(C)N1CCCCC1.I. The molecule has 27 heavy (non-hydrogen) atoms. The molecule has 160 valence electrons. The van der Waals surface area contributed by atoms with Crippen LogP contribution in [0.15, 0.2) is 4.99 Å². The number of hydrogen-bond donors (Lipinski definition) is 2. The van der Waals surface area contributed by atoms with Crippen molar-refractivity contribution in [1.82, 2.24) is 20.4 Å². The highest BCUT2D eigenvalue weighted by Crippen LogP contribution is 2.13. The lowest BCUT2D eigenvalue weighted by Crippen LogP contribution is -2.43. The van der Waals surface area contributed by atoms with Gasteiger partial charge in [0.05, 0.1) is 0 Å². The number of guanidine groups is 1. The average molecular weight is 497 g/mol. The second kappa shape index (κ2) is 16.4. The number of halogens is 1. The van der Waals surface area contributed by atoms with Gasteiger partial charge in [0.25, 0.3) is 0 Å². The molecule has 0 aliphatic carbocycles. The minimum absolute atomic E-state index is 0. The predicted molar refractivity (Wildman–Crippen MR) is 123 cm³/mol. The number of ether oxygens (including phenoxy) is 1. The molecule has 0 spiro atoms. The van der Waals surface area contributed by atoms with E-state index in [0.29, 0.717) is 12.0 Å². The minimum Gasteiger partial charge on any atom is -0.382 e. The number of amides is 1. The van der Waals surface area contributed by atoms with E-state index in [4.69, 9.17) is 4.74 Å². The van der Waals surface area contributed by atoms with Crippen LogP contribution in [-0.2, 0) is 9.53 Å². The molecule has 7 nitrogen and oxygen atoms in total. The van der Waals surface area contributed by atoms with E-state index in [1.54, 1.807) is 19.0 Å². The number of hydrogen-bond acceptors (Lipinski definition) is 4. The standard InChI is InChI=1S/C19H39N5O2.HI/c1-5-26-15-9-11-20-19(22-16-18(25)23(3)4)21-12-10-17(2)24-13-7-6-8-14-24;/h17H,5-16H2,1-4H3,(H2,20,21,22);1H. The fourth-order valence-corrected chi connectivity index (χ4v) is 2.93. The maximum Gasteiger partial charge on any atom is 0.243 e. The molecular formula is C19H40IN5O2. The number of likely N-dealkylation sites (N-methyl/N-ethyl adjacent to an activating group) is 1. The van der Waals surface area contributed by atoms with E-state index in [-0.39, 0.29) is 36.4 Å². The highest BCUT2D eigenvalue weighted by molar-refractivity contribution is 14.0. The van der Waals surface area contributed by atoms with E-state index in [1.165, 1.54) is 32.4 Å². The van der Waals surface area contributed by atoms with Gasteiger partial charge in [0.2, 0.25) is 5.91 Å². The van der Waals surface area contributed by atoms with Crippen LogP contribution in [-0.4, -0.2) is 87.7 Å². The molecule has 0 aromatic rings. The largest absolute Gasteiger partial charge is 0.382 e. The van der Waals surface area contributed by atoms with Gasteiger partial charge in [0.15, 0.2) is 5.96 Å².